The van der Waals surface area contributed by atoms with Gasteiger partial charge in [-0.05, 0) is 43.3 Å². The predicted molar refractivity (Wildman–Crippen MR) is 139 cm³/mol. The van der Waals surface area contributed by atoms with E-state index in [9.17, 15) is 0 Å². The molecule has 2 aromatic heterocycles. The SMILES string of the molecule is Cc1nn(-c2ccccc2)c(Oc2c(Cl)cccc2Cl)c1/C=N/N=c1\sc2ccccc2n1C. The van der Waals surface area contributed by atoms with Gasteiger partial charge in [0.1, 0.15) is 0 Å². The van der Waals surface area contributed by atoms with Crippen LogP contribution in [-0.2, 0) is 7.05 Å². The van der Waals surface area contributed by atoms with Gasteiger partial charge in [-0.15, -0.1) is 5.10 Å². The lowest BCUT2D eigenvalue weighted by Gasteiger charge is -2.12. The molecule has 0 aliphatic carbocycles. The molecule has 0 N–H and O–H groups in total. The monoisotopic (exact) mass is 507 g/mol. The van der Waals surface area contributed by atoms with Crippen LogP contribution >= 0.6 is 34.5 Å². The highest BCUT2D eigenvalue weighted by Crippen LogP contribution is 2.38. The standard InChI is InChI=1S/C25H19Cl2N5OS/c1-16-18(15-28-29-25-31(2)21-13-6-7-14-22(21)34-25)24(32(30-16)17-9-4-3-5-10-17)33-23-19(26)11-8-12-20(23)27/h3-15H,1-2H3/b28-15+,29-25-. The predicted octanol–water partition coefficient (Wildman–Crippen LogP) is 6.77. The number of aromatic nitrogens is 3. The van der Waals surface area contributed by atoms with Gasteiger partial charge in [0.25, 0.3) is 0 Å². The summed E-state index contributed by atoms with van der Waals surface area (Å²) in [6, 6.07) is 23.0. The fourth-order valence-corrected chi connectivity index (χ4v) is 4.95. The first-order valence-electron chi connectivity index (χ1n) is 10.4. The molecule has 0 amide bonds. The van der Waals surface area contributed by atoms with Crippen molar-refractivity contribution in [3.8, 4) is 17.3 Å². The van der Waals surface area contributed by atoms with Crippen molar-refractivity contribution in [1.29, 1.82) is 0 Å². The maximum Gasteiger partial charge on any atom is 0.231 e. The van der Waals surface area contributed by atoms with Gasteiger partial charge >= 0.3 is 0 Å². The van der Waals surface area contributed by atoms with Gasteiger partial charge in [0.05, 0.1) is 43.4 Å². The average molecular weight is 508 g/mol. The zero-order valence-electron chi connectivity index (χ0n) is 18.3. The van der Waals surface area contributed by atoms with Crippen molar-refractivity contribution < 1.29 is 4.74 Å². The number of benzene rings is 3. The summed E-state index contributed by atoms with van der Waals surface area (Å²) in [5.74, 6) is 0.795. The molecule has 0 aliphatic rings. The fraction of sp³-hybridized carbons (Fsp3) is 0.0800. The number of para-hydroxylation sites is 3. The molecule has 0 bridgehead atoms. The third kappa shape index (κ3) is 4.25. The first-order valence-corrected chi connectivity index (χ1v) is 12.0. The maximum atomic E-state index is 6.38. The Morgan fingerprint density at radius 3 is 2.38 bits per heavy atom. The second kappa shape index (κ2) is 9.46. The number of thiazole rings is 1. The molecule has 3 aromatic carbocycles. The third-order valence-electron chi connectivity index (χ3n) is 5.23. The number of ether oxygens (including phenoxy) is 1. The summed E-state index contributed by atoms with van der Waals surface area (Å²) >= 11 is 14.3. The van der Waals surface area contributed by atoms with E-state index in [4.69, 9.17) is 27.9 Å². The van der Waals surface area contributed by atoms with Crippen molar-refractivity contribution in [1.82, 2.24) is 14.3 Å². The average Bonchev–Trinajstić information content (AvgIpc) is 3.33. The smallest absolute Gasteiger partial charge is 0.231 e. The Morgan fingerprint density at radius 2 is 1.65 bits per heavy atom. The van der Waals surface area contributed by atoms with E-state index in [2.05, 4.69) is 27.4 Å². The molecule has 0 radical (unpaired) electrons. The van der Waals surface area contributed by atoms with Gasteiger partial charge in [-0.1, -0.05) is 70.9 Å². The van der Waals surface area contributed by atoms with Gasteiger partial charge in [-0.25, -0.2) is 0 Å². The summed E-state index contributed by atoms with van der Waals surface area (Å²) in [5.41, 5.74) is 3.33. The number of halogens is 2. The number of aryl methyl sites for hydroxylation is 2. The van der Waals surface area contributed by atoms with Crippen LogP contribution in [-0.4, -0.2) is 20.6 Å². The molecule has 0 fully saturated rings. The quantitative estimate of drug-likeness (QED) is 0.194. The van der Waals surface area contributed by atoms with Crippen LogP contribution in [0.2, 0.25) is 10.0 Å². The highest BCUT2D eigenvalue weighted by Gasteiger charge is 2.20. The van der Waals surface area contributed by atoms with Crippen molar-refractivity contribution in [2.45, 2.75) is 6.92 Å². The van der Waals surface area contributed by atoms with E-state index in [-0.39, 0.29) is 0 Å². The molecule has 0 saturated carbocycles. The normalized spacial score (nSPS) is 12.2. The molecule has 5 aromatic rings. The Hall–Kier alpha value is -3.39. The van der Waals surface area contributed by atoms with Crippen molar-refractivity contribution in [2.75, 3.05) is 0 Å². The van der Waals surface area contributed by atoms with Crippen LogP contribution in [0.1, 0.15) is 11.3 Å². The second-order valence-electron chi connectivity index (χ2n) is 7.46. The fourth-order valence-electron chi connectivity index (χ4n) is 3.50. The molecule has 9 heteroatoms. The van der Waals surface area contributed by atoms with Gasteiger partial charge in [-0.3, -0.25) is 0 Å². The van der Waals surface area contributed by atoms with Crippen molar-refractivity contribution in [2.24, 2.45) is 17.3 Å². The van der Waals surface area contributed by atoms with Gasteiger partial charge in [0.15, 0.2) is 5.75 Å². The summed E-state index contributed by atoms with van der Waals surface area (Å²) < 4.78 is 11.1. The third-order valence-corrected chi connectivity index (χ3v) is 6.92. The van der Waals surface area contributed by atoms with E-state index in [1.54, 1.807) is 40.4 Å². The molecule has 0 spiro atoms. The van der Waals surface area contributed by atoms with E-state index in [0.29, 0.717) is 27.2 Å². The lowest BCUT2D eigenvalue weighted by atomic mass is 10.2. The van der Waals surface area contributed by atoms with Crippen molar-refractivity contribution in [3.05, 3.63) is 98.9 Å². The molecular weight excluding hydrogens is 489 g/mol. The molecular formula is C25H19Cl2N5OS. The molecule has 5 rings (SSSR count). The van der Waals surface area contributed by atoms with E-state index in [1.807, 2.05) is 61.0 Å². The molecule has 0 saturated heterocycles. The molecule has 0 aliphatic heterocycles. The summed E-state index contributed by atoms with van der Waals surface area (Å²) in [6.45, 7) is 1.89. The Labute approximate surface area is 210 Å². The van der Waals surface area contributed by atoms with Crippen LogP contribution in [0.3, 0.4) is 0 Å². The van der Waals surface area contributed by atoms with Gasteiger partial charge in [0.2, 0.25) is 10.7 Å². The molecule has 0 unspecified atom stereocenters. The highest BCUT2D eigenvalue weighted by molar-refractivity contribution is 7.16. The van der Waals surface area contributed by atoms with Crippen LogP contribution in [0, 0.1) is 6.92 Å². The van der Waals surface area contributed by atoms with E-state index < -0.39 is 0 Å². The minimum Gasteiger partial charge on any atom is -0.435 e. The topological polar surface area (TPSA) is 56.7 Å². The number of nitrogens with zero attached hydrogens (tertiary/aromatic N) is 5. The van der Waals surface area contributed by atoms with E-state index in [1.165, 1.54) is 0 Å². The zero-order valence-corrected chi connectivity index (χ0v) is 20.6. The Morgan fingerprint density at radius 1 is 0.941 bits per heavy atom. The number of fused-ring (bicyclic) bond motifs is 1. The number of hydrogen-bond acceptors (Lipinski definition) is 5. The van der Waals surface area contributed by atoms with Gasteiger partial charge in [-0.2, -0.15) is 14.9 Å². The minimum absolute atomic E-state index is 0.352. The molecule has 6 nitrogen and oxygen atoms in total. The lowest BCUT2D eigenvalue weighted by molar-refractivity contribution is 0.444. The van der Waals surface area contributed by atoms with E-state index in [0.717, 1.165) is 26.4 Å². The van der Waals surface area contributed by atoms with Gasteiger partial charge < -0.3 is 9.30 Å². The highest BCUT2D eigenvalue weighted by atomic mass is 35.5. The largest absolute Gasteiger partial charge is 0.435 e. The Kier molecular flexibility index (Phi) is 6.24. The zero-order chi connectivity index (χ0) is 23.7. The Bertz CT molecular complexity index is 1560. The Balaban J connectivity index is 1.61. The summed E-state index contributed by atoms with van der Waals surface area (Å²) in [5, 5.41) is 14.3. The van der Waals surface area contributed by atoms with Crippen LogP contribution in [0.25, 0.3) is 15.9 Å². The minimum atomic E-state index is 0.352. The lowest BCUT2D eigenvalue weighted by Crippen LogP contribution is -2.08. The number of hydrogen-bond donors (Lipinski definition) is 0. The van der Waals surface area contributed by atoms with Gasteiger partial charge in [0, 0.05) is 7.05 Å². The van der Waals surface area contributed by atoms with Crippen molar-refractivity contribution in [3.63, 3.8) is 0 Å². The van der Waals surface area contributed by atoms with Crippen LogP contribution in [0.15, 0.2) is 83.0 Å². The second-order valence-corrected chi connectivity index (χ2v) is 9.28. The summed E-state index contributed by atoms with van der Waals surface area (Å²) in [6.07, 6.45) is 1.65. The first-order chi connectivity index (χ1) is 16.5. The number of rotatable bonds is 5. The summed E-state index contributed by atoms with van der Waals surface area (Å²) in [7, 11) is 1.97. The maximum absolute atomic E-state index is 6.38. The van der Waals surface area contributed by atoms with Crippen molar-refractivity contribution >= 4 is 51.0 Å². The first kappa shape index (κ1) is 22.4. The molecule has 170 valence electrons. The van der Waals surface area contributed by atoms with Crippen LogP contribution in [0.4, 0.5) is 0 Å². The molecule has 34 heavy (non-hydrogen) atoms. The van der Waals surface area contributed by atoms with E-state index >= 15 is 0 Å². The molecule has 2 heterocycles. The van der Waals surface area contributed by atoms with Crippen LogP contribution in [0.5, 0.6) is 11.6 Å². The summed E-state index contributed by atoms with van der Waals surface area (Å²) in [4.78, 5) is 0.780. The molecule has 0 atom stereocenters. The van der Waals surface area contributed by atoms with Crippen LogP contribution < -0.4 is 9.54 Å².